The number of hydrogen-bond acceptors (Lipinski definition) is 8. The number of carbonyl (C=O) groups is 2. The number of nitrogens with zero attached hydrogens (tertiary/aromatic N) is 5. The molecule has 1 unspecified atom stereocenters. The zero-order valence-corrected chi connectivity index (χ0v) is 26.7. The van der Waals surface area contributed by atoms with Gasteiger partial charge in [0.15, 0.2) is 11.0 Å². The van der Waals surface area contributed by atoms with Crippen LogP contribution < -0.4 is 25.2 Å². The van der Waals surface area contributed by atoms with Crippen LogP contribution in [0.3, 0.4) is 0 Å². The minimum absolute atomic E-state index is 0.164. The molecule has 246 valence electrons. The van der Waals surface area contributed by atoms with E-state index in [0.29, 0.717) is 34.4 Å². The van der Waals surface area contributed by atoms with Crippen LogP contribution in [0.4, 0.5) is 23.7 Å². The number of thioether (sulfide) groups is 1. The Hall–Kier alpha value is -4.89. The average molecular weight is 668 g/mol. The molecule has 2 heterocycles. The Kier molecular flexibility index (Phi) is 10.2. The predicted octanol–water partition coefficient (Wildman–Crippen LogP) is 6.45. The molecule has 0 saturated carbocycles. The molecule has 0 spiro atoms. The topological polar surface area (TPSA) is 123 Å². The second-order valence-electron chi connectivity index (χ2n) is 11.0. The van der Waals surface area contributed by atoms with Crippen LogP contribution in [-0.4, -0.2) is 51.1 Å². The molecule has 0 radical (unpaired) electrons. The monoisotopic (exact) mass is 667 g/mol. The number of ether oxygens (including phenoxy) is 2. The normalized spacial score (nSPS) is 14.9. The SMILES string of the molecule is COc1ccc(CC(C)C)c(N2C(=O)CSC2=NC(=O)NNC(C)c2ccc(-c3ncn(-c4ccc(OC(F)(F)F)cc4)n3)cc2)c1. The van der Waals surface area contributed by atoms with Crippen LogP contribution in [0.15, 0.2) is 78.0 Å². The number of halogens is 3. The van der Waals surface area contributed by atoms with Gasteiger partial charge in [-0.1, -0.05) is 55.9 Å². The van der Waals surface area contributed by atoms with E-state index in [2.05, 4.69) is 44.5 Å². The molecule has 1 saturated heterocycles. The van der Waals surface area contributed by atoms with Gasteiger partial charge < -0.3 is 9.47 Å². The molecule has 11 nitrogen and oxygen atoms in total. The summed E-state index contributed by atoms with van der Waals surface area (Å²) in [5.41, 5.74) is 9.21. The molecule has 2 N–H and O–H groups in total. The fourth-order valence-electron chi connectivity index (χ4n) is 4.78. The lowest BCUT2D eigenvalue weighted by atomic mass is 10.0. The van der Waals surface area contributed by atoms with E-state index in [1.54, 1.807) is 13.2 Å². The first-order chi connectivity index (χ1) is 22.4. The molecule has 3 aromatic carbocycles. The van der Waals surface area contributed by atoms with Crippen molar-refractivity contribution < 1.29 is 32.2 Å². The smallest absolute Gasteiger partial charge is 0.497 e. The van der Waals surface area contributed by atoms with E-state index in [1.807, 2.05) is 43.3 Å². The lowest BCUT2D eigenvalue weighted by molar-refractivity contribution is -0.274. The number of alkyl halides is 3. The van der Waals surface area contributed by atoms with Gasteiger partial charge in [0.1, 0.15) is 17.8 Å². The van der Waals surface area contributed by atoms with Gasteiger partial charge in [-0.3, -0.25) is 15.1 Å². The molecule has 3 amide bonds. The molecule has 0 aliphatic carbocycles. The highest BCUT2D eigenvalue weighted by atomic mass is 32.2. The van der Waals surface area contributed by atoms with Gasteiger partial charge in [0.25, 0.3) is 0 Å². The number of amidine groups is 1. The van der Waals surface area contributed by atoms with E-state index in [-0.39, 0.29) is 28.6 Å². The number of benzene rings is 3. The van der Waals surface area contributed by atoms with Gasteiger partial charge in [0, 0.05) is 17.7 Å². The molecular weight excluding hydrogens is 635 g/mol. The van der Waals surface area contributed by atoms with Gasteiger partial charge in [0.2, 0.25) is 5.91 Å². The number of hydrazine groups is 1. The molecule has 4 aromatic rings. The molecule has 1 aromatic heterocycles. The predicted molar refractivity (Wildman–Crippen MR) is 172 cm³/mol. The van der Waals surface area contributed by atoms with Crippen LogP contribution in [0.5, 0.6) is 11.5 Å². The number of hydrogen-bond donors (Lipinski definition) is 2. The first-order valence-electron chi connectivity index (χ1n) is 14.5. The van der Waals surface area contributed by atoms with Crippen LogP contribution in [-0.2, 0) is 11.2 Å². The van der Waals surface area contributed by atoms with E-state index in [4.69, 9.17) is 4.74 Å². The number of urea groups is 1. The van der Waals surface area contributed by atoms with Crippen molar-refractivity contribution in [1.82, 2.24) is 25.6 Å². The van der Waals surface area contributed by atoms with E-state index in [0.717, 1.165) is 17.5 Å². The quantitative estimate of drug-likeness (QED) is 0.185. The standard InChI is InChI=1S/C32H32F3N7O4S/c1-19(2)15-23-9-12-26(45-4)16-27(23)42-28(43)17-47-31(42)37-30(44)39-38-20(3)21-5-7-22(8-6-21)29-36-18-41(40-29)24-10-13-25(14-11-24)46-32(33,34)35/h5-14,16,18-20,38H,15,17H2,1-4H3,(H,39,44). The van der Waals surface area contributed by atoms with Gasteiger partial charge in [-0.2, -0.15) is 4.99 Å². The second-order valence-corrected chi connectivity index (χ2v) is 11.9. The summed E-state index contributed by atoms with van der Waals surface area (Å²) in [4.78, 5) is 35.7. The highest BCUT2D eigenvalue weighted by Gasteiger charge is 2.33. The summed E-state index contributed by atoms with van der Waals surface area (Å²) in [6.45, 7) is 6.04. The Balaban J connectivity index is 1.21. The summed E-state index contributed by atoms with van der Waals surface area (Å²) in [6.07, 6.45) is -2.57. The first-order valence-corrected chi connectivity index (χ1v) is 15.5. The second kappa shape index (κ2) is 14.3. The van der Waals surface area contributed by atoms with Crippen LogP contribution >= 0.6 is 11.8 Å². The van der Waals surface area contributed by atoms with Crippen molar-refractivity contribution in [1.29, 1.82) is 0 Å². The van der Waals surface area contributed by atoms with Gasteiger partial charge >= 0.3 is 12.4 Å². The third-order valence-corrected chi connectivity index (χ3v) is 7.94. The number of amides is 3. The summed E-state index contributed by atoms with van der Waals surface area (Å²) in [5.74, 6) is 1.02. The summed E-state index contributed by atoms with van der Waals surface area (Å²) in [5, 5.41) is 4.70. The van der Waals surface area contributed by atoms with Gasteiger partial charge in [-0.25, -0.2) is 19.9 Å². The first kappa shape index (κ1) is 33.5. The number of aliphatic imine (C=N–C) groups is 1. The lowest BCUT2D eigenvalue weighted by Gasteiger charge is -2.21. The van der Waals surface area contributed by atoms with E-state index >= 15 is 0 Å². The Bertz CT molecular complexity index is 1760. The van der Waals surface area contributed by atoms with E-state index in [1.165, 1.54) is 51.9 Å². The van der Waals surface area contributed by atoms with Crippen molar-refractivity contribution in [2.75, 3.05) is 17.8 Å². The summed E-state index contributed by atoms with van der Waals surface area (Å²) < 4.78 is 48.0. The number of nitrogens with one attached hydrogen (secondary N) is 2. The molecule has 1 aliphatic rings. The molecule has 1 atom stereocenters. The fraction of sp³-hybridized carbons (Fsp3) is 0.281. The third kappa shape index (κ3) is 8.48. The maximum atomic E-state index is 12.9. The van der Waals surface area contributed by atoms with Crippen molar-refractivity contribution >= 4 is 34.6 Å². The molecule has 15 heteroatoms. The minimum atomic E-state index is -4.77. The van der Waals surface area contributed by atoms with Crippen molar-refractivity contribution in [2.24, 2.45) is 10.9 Å². The Labute approximate surface area is 273 Å². The third-order valence-electron chi connectivity index (χ3n) is 7.02. The van der Waals surface area contributed by atoms with Crippen LogP contribution in [0.2, 0.25) is 0 Å². The lowest BCUT2D eigenvalue weighted by Crippen LogP contribution is -2.39. The summed E-state index contributed by atoms with van der Waals surface area (Å²) in [7, 11) is 1.56. The molecule has 1 fully saturated rings. The minimum Gasteiger partial charge on any atom is -0.497 e. The number of rotatable bonds is 10. The van der Waals surface area contributed by atoms with Crippen molar-refractivity contribution in [3.05, 3.63) is 84.2 Å². The Morgan fingerprint density at radius 1 is 1.04 bits per heavy atom. The Morgan fingerprint density at radius 2 is 1.74 bits per heavy atom. The maximum Gasteiger partial charge on any atom is 0.573 e. The van der Waals surface area contributed by atoms with Gasteiger partial charge in [0.05, 0.1) is 24.2 Å². The average Bonchev–Trinajstić information content (AvgIpc) is 3.66. The number of carbonyl (C=O) groups excluding carboxylic acids is 2. The van der Waals surface area contributed by atoms with Gasteiger partial charge in [-0.15, -0.1) is 18.3 Å². The fourth-order valence-corrected chi connectivity index (χ4v) is 5.64. The van der Waals surface area contributed by atoms with Crippen molar-refractivity contribution in [2.45, 2.75) is 39.6 Å². The van der Waals surface area contributed by atoms with E-state index in [9.17, 15) is 22.8 Å². The molecule has 0 bridgehead atoms. The number of aromatic nitrogens is 3. The summed E-state index contributed by atoms with van der Waals surface area (Å²) in [6, 6.07) is 17.2. The molecular formula is C32H32F3N7O4S. The van der Waals surface area contributed by atoms with Crippen LogP contribution in [0.1, 0.15) is 37.9 Å². The largest absolute Gasteiger partial charge is 0.573 e. The molecule has 47 heavy (non-hydrogen) atoms. The highest BCUT2D eigenvalue weighted by molar-refractivity contribution is 8.15. The van der Waals surface area contributed by atoms with Crippen LogP contribution in [0.25, 0.3) is 17.1 Å². The molecule has 5 rings (SSSR count). The molecule has 1 aliphatic heterocycles. The van der Waals surface area contributed by atoms with Crippen molar-refractivity contribution in [3.8, 4) is 28.6 Å². The Morgan fingerprint density at radius 3 is 2.40 bits per heavy atom. The number of anilines is 1. The number of methoxy groups -OCH3 is 1. The zero-order valence-electron chi connectivity index (χ0n) is 25.9. The zero-order chi connectivity index (χ0) is 33.7. The highest BCUT2D eigenvalue weighted by Crippen LogP contribution is 2.34. The van der Waals surface area contributed by atoms with Crippen molar-refractivity contribution in [3.63, 3.8) is 0 Å². The van der Waals surface area contributed by atoms with E-state index < -0.39 is 12.4 Å². The summed E-state index contributed by atoms with van der Waals surface area (Å²) >= 11 is 1.19. The van der Waals surface area contributed by atoms with Gasteiger partial charge in [-0.05, 0) is 60.7 Å². The maximum absolute atomic E-state index is 12.9. The van der Waals surface area contributed by atoms with Crippen LogP contribution in [0, 0.1) is 5.92 Å².